The van der Waals surface area contributed by atoms with E-state index in [-0.39, 0.29) is 4.90 Å². The Morgan fingerprint density at radius 1 is 0.944 bits per heavy atom. The number of ether oxygens (including phenoxy) is 2. The molecule has 18 heavy (non-hydrogen) atoms. The molecule has 96 valence electrons. The minimum absolute atomic E-state index is 0.262. The second kappa shape index (κ2) is 4.47. The molecule has 2 aromatic rings. The van der Waals surface area contributed by atoms with Crippen molar-refractivity contribution in [2.75, 3.05) is 14.2 Å². The van der Waals surface area contributed by atoms with Gasteiger partial charge in [-0.05, 0) is 35.0 Å². The Morgan fingerprint density at radius 2 is 1.50 bits per heavy atom. The van der Waals surface area contributed by atoms with E-state index in [1.807, 2.05) is 0 Å². The second-order valence-corrected chi connectivity index (χ2v) is 5.05. The number of hydrogen-bond donors (Lipinski definition) is 0. The van der Waals surface area contributed by atoms with Crippen LogP contribution in [0.25, 0.3) is 10.8 Å². The van der Waals surface area contributed by atoms with Crippen LogP contribution in [0.4, 0.5) is 0 Å². The first-order valence-corrected chi connectivity index (χ1v) is 6.48. The zero-order chi connectivity index (χ0) is 13.3. The lowest BCUT2D eigenvalue weighted by atomic mass is 10.1. The maximum Gasteiger partial charge on any atom is 0.161 e. The first-order chi connectivity index (χ1) is 8.45. The van der Waals surface area contributed by atoms with Gasteiger partial charge >= 0.3 is 0 Å². The Bertz CT molecular complexity index is 691. The quantitative estimate of drug-likeness (QED) is 0.792. The molecule has 0 unspecified atom stereocenters. The molecule has 0 heterocycles. The summed E-state index contributed by atoms with van der Waals surface area (Å²) >= 11 is 0. The Hall–Kier alpha value is -1.79. The standard InChI is InChI=1S/C12H12O5S/c1-16-11-6-8-3-4-10(18(13,14)15)5-9(8)7-12(11)17-2/h3-7H,1-2H3,(H,13,14,15)/p-1. The van der Waals surface area contributed by atoms with Gasteiger partial charge in [0.25, 0.3) is 0 Å². The maximum atomic E-state index is 10.9. The van der Waals surface area contributed by atoms with Gasteiger partial charge in [0.1, 0.15) is 10.1 Å². The van der Waals surface area contributed by atoms with Crippen molar-refractivity contribution < 1.29 is 22.4 Å². The summed E-state index contributed by atoms with van der Waals surface area (Å²) < 4.78 is 43.1. The average Bonchev–Trinajstić information content (AvgIpc) is 2.35. The lowest BCUT2D eigenvalue weighted by molar-refractivity contribution is 0.356. The highest BCUT2D eigenvalue weighted by Crippen LogP contribution is 2.32. The number of hydrogen-bond acceptors (Lipinski definition) is 5. The molecular formula is C12H11O5S-. The van der Waals surface area contributed by atoms with Crippen LogP contribution in [0.15, 0.2) is 35.2 Å². The number of fused-ring (bicyclic) bond motifs is 1. The lowest BCUT2D eigenvalue weighted by Crippen LogP contribution is -1.98. The highest BCUT2D eigenvalue weighted by molar-refractivity contribution is 7.85. The molecule has 2 aromatic carbocycles. The Kier molecular flexibility index (Phi) is 3.14. The van der Waals surface area contributed by atoms with Crippen molar-refractivity contribution in [2.45, 2.75) is 4.90 Å². The summed E-state index contributed by atoms with van der Waals surface area (Å²) in [6.07, 6.45) is 0. The molecule has 5 nitrogen and oxygen atoms in total. The zero-order valence-corrected chi connectivity index (χ0v) is 10.7. The van der Waals surface area contributed by atoms with Crippen molar-refractivity contribution in [3.8, 4) is 11.5 Å². The second-order valence-electron chi connectivity index (χ2n) is 3.67. The third-order valence-corrected chi connectivity index (χ3v) is 3.43. The van der Waals surface area contributed by atoms with E-state index in [0.717, 1.165) is 5.39 Å². The molecule has 0 aliphatic carbocycles. The number of rotatable bonds is 3. The number of benzene rings is 2. The molecule has 0 saturated heterocycles. The molecular weight excluding hydrogens is 256 g/mol. The minimum atomic E-state index is -4.45. The normalized spacial score (nSPS) is 11.5. The van der Waals surface area contributed by atoms with Crippen LogP contribution in [-0.4, -0.2) is 27.2 Å². The molecule has 0 aromatic heterocycles. The first-order valence-electron chi connectivity index (χ1n) is 5.07. The van der Waals surface area contributed by atoms with E-state index < -0.39 is 10.1 Å². The predicted octanol–water partition coefficient (Wildman–Crippen LogP) is 1.76. The van der Waals surface area contributed by atoms with E-state index in [1.165, 1.54) is 26.4 Å². The molecule has 0 spiro atoms. The maximum absolute atomic E-state index is 10.9. The fourth-order valence-electron chi connectivity index (χ4n) is 1.71. The van der Waals surface area contributed by atoms with Gasteiger partial charge in [-0.2, -0.15) is 0 Å². The van der Waals surface area contributed by atoms with Gasteiger partial charge in [0, 0.05) is 0 Å². The van der Waals surface area contributed by atoms with Gasteiger partial charge in [-0.3, -0.25) is 0 Å². The summed E-state index contributed by atoms with van der Waals surface area (Å²) in [5, 5.41) is 1.37. The molecule has 0 bridgehead atoms. The first kappa shape index (κ1) is 12.7. The van der Waals surface area contributed by atoms with Crippen molar-refractivity contribution in [3.63, 3.8) is 0 Å². The fourth-order valence-corrected chi connectivity index (χ4v) is 2.21. The van der Waals surface area contributed by atoms with Crippen LogP contribution in [0.3, 0.4) is 0 Å². The van der Waals surface area contributed by atoms with Gasteiger partial charge in [-0.1, -0.05) is 6.07 Å². The summed E-state index contributed by atoms with van der Waals surface area (Å²) in [6, 6.07) is 7.50. The summed E-state index contributed by atoms with van der Waals surface area (Å²) in [5.41, 5.74) is 0. The molecule has 2 rings (SSSR count). The topological polar surface area (TPSA) is 75.7 Å². The predicted molar refractivity (Wildman–Crippen MR) is 65.0 cm³/mol. The van der Waals surface area contributed by atoms with E-state index in [1.54, 1.807) is 18.2 Å². The fraction of sp³-hybridized carbons (Fsp3) is 0.167. The third-order valence-electron chi connectivity index (χ3n) is 2.60. The molecule has 0 aliphatic rings. The molecule has 0 amide bonds. The molecule has 6 heteroatoms. The minimum Gasteiger partial charge on any atom is -0.744 e. The highest BCUT2D eigenvalue weighted by Gasteiger charge is 2.08. The Balaban J connectivity index is 2.71. The van der Waals surface area contributed by atoms with Crippen molar-refractivity contribution in [3.05, 3.63) is 30.3 Å². The molecule has 0 atom stereocenters. The zero-order valence-electron chi connectivity index (χ0n) is 9.84. The SMILES string of the molecule is COc1cc2ccc(S(=O)(=O)[O-])cc2cc1OC. The van der Waals surface area contributed by atoms with Crippen LogP contribution in [0.2, 0.25) is 0 Å². The van der Waals surface area contributed by atoms with Crippen LogP contribution < -0.4 is 9.47 Å². The summed E-state index contributed by atoms with van der Waals surface area (Å²) in [4.78, 5) is -0.262. The van der Waals surface area contributed by atoms with E-state index in [4.69, 9.17) is 9.47 Å². The van der Waals surface area contributed by atoms with Crippen LogP contribution >= 0.6 is 0 Å². The van der Waals surface area contributed by atoms with Crippen LogP contribution in [0, 0.1) is 0 Å². The van der Waals surface area contributed by atoms with Crippen LogP contribution in [0.1, 0.15) is 0 Å². The smallest absolute Gasteiger partial charge is 0.161 e. The molecule has 0 N–H and O–H groups in total. The van der Waals surface area contributed by atoms with Gasteiger partial charge in [0.2, 0.25) is 0 Å². The van der Waals surface area contributed by atoms with E-state index in [9.17, 15) is 13.0 Å². The van der Waals surface area contributed by atoms with Gasteiger partial charge in [-0.15, -0.1) is 0 Å². The molecule has 0 fully saturated rings. The lowest BCUT2D eigenvalue weighted by Gasteiger charge is -2.11. The Labute approximate surface area is 105 Å². The van der Waals surface area contributed by atoms with Crippen molar-refractivity contribution in [2.24, 2.45) is 0 Å². The van der Waals surface area contributed by atoms with Crippen molar-refractivity contribution in [1.29, 1.82) is 0 Å². The van der Waals surface area contributed by atoms with Gasteiger partial charge < -0.3 is 14.0 Å². The highest BCUT2D eigenvalue weighted by atomic mass is 32.2. The van der Waals surface area contributed by atoms with Crippen LogP contribution in [-0.2, 0) is 10.1 Å². The van der Waals surface area contributed by atoms with Gasteiger partial charge in [0.15, 0.2) is 11.5 Å². The van der Waals surface area contributed by atoms with E-state index >= 15 is 0 Å². The monoisotopic (exact) mass is 267 g/mol. The van der Waals surface area contributed by atoms with Crippen molar-refractivity contribution >= 4 is 20.9 Å². The Morgan fingerprint density at radius 3 is 2.00 bits per heavy atom. The van der Waals surface area contributed by atoms with Gasteiger partial charge in [0.05, 0.1) is 19.1 Å². The molecule has 0 aliphatic heterocycles. The largest absolute Gasteiger partial charge is 0.744 e. The number of methoxy groups -OCH3 is 2. The molecule has 0 radical (unpaired) electrons. The summed E-state index contributed by atoms with van der Waals surface area (Å²) in [5.74, 6) is 1.02. The van der Waals surface area contributed by atoms with Crippen LogP contribution in [0.5, 0.6) is 11.5 Å². The molecule has 0 saturated carbocycles. The summed E-state index contributed by atoms with van der Waals surface area (Å²) in [6.45, 7) is 0. The van der Waals surface area contributed by atoms with Crippen molar-refractivity contribution in [1.82, 2.24) is 0 Å². The van der Waals surface area contributed by atoms with E-state index in [0.29, 0.717) is 16.9 Å². The average molecular weight is 267 g/mol. The summed E-state index contributed by atoms with van der Waals surface area (Å²) in [7, 11) is -1.45. The van der Waals surface area contributed by atoms with Gasteiger partial charge in [-0.25, -0.2) is 8.42 Å². The third kappa shape index (κ3) is 2.25. The van der Waals surface area contributed by atoms with E-state index in [2.05, 4.69) is 0 Å².